The highest BCUT2D eigenvalue weighted by atomic mass is 32.2. The Balaban J connectivity index is 2.34. The van der Waals surface area contributed by atoms with Crippen LogP contribution in [-0.4, -0.2) is 35.5 Å². The van der Waals surface area contributed by atoms with Gasteiger partial charge in [-0.25, -0.2) is 0 Å². The van der Waals surface area contributed by atoms with Gasteiger partial charge in [-0.05, 0) is 0 Å². The molecule has 1 aromatic heterocycles. The molecule has 7 heteroatoms. The SMILES string of the molecule is CNc1snnc1CSCC(=O)OC. The first-order valence-corrected chi connectivity index (χ1v) is 5.84. The Labute approximate surface area is 90.4 Å². The molecule has 0 saturated heterocycles. The van der Waals surface area contributed by atoms with Gasteiger partial charge in [-0.15, -0.1) is 16.9 Å². The number of carbonyl (C=O) groups excluding carboxylic acids is 1. The lowest BCUT2D eigenvalue weighted by molar-refractivity contribution is -0.137. The minimum atomic E-state index is -0.218. The molecule has 0 atom stereocenters. The van der Waals surface area contributed by atoms with E-state index in [9.17, 15) is 4.79 Å². The lowest BCUT2D eigenvalue weighted by atomic mass is 10.5. The van der Waals surface area contributed by atoms with E-state index in [0.717, 1.165) is 10.7 Å². The Bertz CT molecular complexity index is 303. The Morgan fingerprint density at radius 3 is 3.14 bits per heavy atom. The molecule has 14 heavy (non-hydrogen) atoms. The van der Waals surface area contributed by atoms with E-state index in [1.54, 1.807) is 0 Å². The minimum absolute atomic E-state index is 0.218. The smallest absolute Gasteiger partial charge is 0.315 e. The number of hydrogen-bond acceptors (Lipinski definition) is 7. The first-order valence-electron chi connectivity index (χ1n) is 3.91. The summed E-state index contributed by atoms with van der Waals surface area (Å²) >= 11 is 2.78. The van der Waals surface area contributed by atoms with E-state index >= 15 is 0 Å². The van der Waals surface area contributed by atoms with E-state index in [0.29, 0.717) is 11.5 Å². The van der Waals surface area contributed by atoms with Crippen LogP contribution in [0.2, 0.25) is 0 Å². The Morgan fingerprint density at radius 1 is 1.71 bits per heavy atom. The monoisotopic (exact) mass is 233 g/mol. The maximum Gasteiger partial charge on any atom is 0.315 e. The number of methoxy groups -OCH3 is 1. The predicted molar refractivity (Wildman–Crippen MR) is 57.6 cm³/mol. The fraction of sp³-hybridized carbons (Fsp3) is 0.571. The highest BCUT2D eigenvalue weighted by molar-refractivity contribution is 7.99. The third-order valence-electron chi connectivity index (χ3n) is 1.47. The Kier molecular flexibility index (Phi) is 4.68. The van der Waals surface area contributed by atoms with E-state index in [-0.39, 0.29) is 5.97 Å². The van der Waals surface area contributed by atoms with Crippen molar-refractivity contribution in [1.29, 1.82) is 0 Å². The van der Waals surface area contributed by atoms with Crippen molar-refractivity contribution in [2.75, 3.05) is 25.2 Å². The first-order chi connectivity index (χ1) is 6.77. The van der Waals surface area contributed by atoms with E-state index in [4.69, 9.17) is 0 Å². The lowest BCUT2D eigenvalue weighted by Gasteiger charge is -1.99. The molecule has 78 valence electrons. The average Bonchev–Trinajstić information content (AvgIpc) is 2.65. The van der Waals surface area contributed by atoms with Crippen LogP contribution in [0, 0.1) is 0 Å². The molecule has 1 heterocycles. The van der Waals surface area contributed by atoms with Crippen molar-refractivity contribution in [2.24, 2.45) is 0 Å². The summed E-state index contributed by atoms with van der Waals surface area (Å²) in [4.78, 5) is 10.8. The molecule has 0 aliphatic heterocycles. The van der Waals surface area contributed by atoms with Crippen LogP contribution in [0.1, 0.15) is 5.69 Å². The molecule has 0 bridgehead atoms. The van der Waals surface area contributed by atoms with E-state index in [1.165, 1.54) is 30.4 Å². The second-order valence-electron chi connectivity index (χ2n) is 2.37. The molecule has 5 nitrogen and oxygen atoms in total. The predicted octanol–water partition coefficient (Wildman–Crippen LogP) is 0.986. The number of thioether (sulfide) groups is 1. The highest BCUT2D eigenvalue weighted by Crippen LogP contribution is 2.21. The van der Waals surface area contributed by atoms with Gasteiger partial charge < -0.3 is 10.1 Å². The molecule has 0 radical (unpaired) electrons. The number of aromatic nitrogens is 2. The van der Waals surface area contributed by atoms with E-state index in [1.807, 2.05) is 7.05 Å². The quantitative estimate of drug-likeness (QED) is 0.765. The van der Waals surface area contributed by atoms with Crippen molar-refractivity contribution < 1.29 is 9.53 Å². The number of nitrogens with one attached hydrogen (secondary N) is 1. The Morgan fingerprint density at radius 2 is 2.50 bits per heavy atom. The number of nitrogens with zero attached hydrogens (tertiary/aromatic N) is 2. The fourth-order valence-electron chi connectivity index (χ4n) is 0.783. The zero-order valence-corrected chi connectivity index (χ0v) is 9.57. The zero-order chi connectivity index (χ0) is 10.4. The molecule has 0 saturated carbocycles. The normalized spacial score (nSPS) is 9.86. The molecule has 0 aliphatic carbocycles. The van der Waals surface area contributed by atoms with Crippen LogP contribution in [0.4, 0.5) is 5.00 Å². The molecule has 0 spiro atoms. The van der Waals surface area contributed by atoms with Crippen LogP contribution in [-0.2, 0) is 15.3 Å². The van der Waals surface area contributed by atoms with Crippen molar-refractivity contribution in [3.8, 4) is 0 Å². The van der Waals surface area contributed by atoms with Gasteiger partial charge in [-0.1, -0.05) is 4.49 Å². The van der Waals surface area contributed by atoms with Gasteiger partial charge in [-0.2, -0.15) is 0 Å². The summed E-state index contributed by atoms with van der Waals surface area (Å²) < 4.78 is 8.33. The fourth-order valence-corrected chi connectivity index (χ4v) is 2.19. The number of carbonyl (C=O) groups is 1. The van der Waals surface area contributed by atoms with Gasteiger partial charge >= 0.3 is 5.97 Å². The van der Waals surface area contributed by atoms with Crippen molar-refractivity contribution in [3.05, 3.63) is 5.69 Å². The summed E-state index contributed by atoms with van der Waals surface area (Å²) in [6.45, 7) is 0. The molecule has 0 aliphatic rings. The molecular formula is C7H11N3O2S2. The number of anilines is 1. The van der Waals surface area contributed by atoms with Gasteiger partial charge in [0.25, 0.3) is 0 Å². The summed E-state index contributed by atoms with van der Waals surface area (Å²) in [5.41, 5.74) is 0.881. The molecule has 1 aromatic rings. The van der Waals surface area contributed by atoms with Crippen molar-refractivity contribution in [2.45, 2.75) is 5.75 Å². The maximum absolute atomic E-state index is 10.8. The first kappa shape index (κ1) is 11.3. The van der Waals surface area contributed by atoms with Crippen LogP contribution in [0.3, 0.4) is 0 Å². The summed E-state index contributed by atoms with van der Waals surface area (Å²) in [7, 11) is 3.20. The molecule has 1 N–H and O–H groups in total. The molecule has 0 aromatic carbocycles. The van der Waals surface area contributed by atoms with Crippen LogP contribution < -0.4 is 5.32 Å². The van der Waals surface area contributed by atoms with Gasteiger partial charge in [0.15, 0.2) is 0 Å². The average molecular weight is 233 g/mol. The third kappa shape index (κ3) is 3.15. The number of esters is 1. The maximum atomic E-state index is 10.8. The molecule has 1 rings (SSSR count). The third-order valence-corrected chi connectivity index (χ3v) is 3.17. The van der Waals surface area contributed by atoms with Gasteiger partial charge in [0.2, 0.25) is 0 Å². The van der Waals surface area contributed by atoms with Crippen LogP contribution >= 0.6 is 23.3 Å². The number of rotatable bonds is 5. The standard InChI is InChI=1S/C7H11N3O2S2/c1-8-7-5(9-10-14-7)3-13-4-6(11)12-2/h8H,3-4H2,1-2H3. The molecular weight excluding hydrogens is 222 g/mol. The van der Waals surface area contributed by atoms with Gasteiger partial charge in [0.05, 0.1) is 12.9 Å². The number of hydrogen-bond donors (Lipinski definition) is 1. The van der Waals surface area contributed by atoms with E-state index < -0.39 is 0 Å². The minimum Gasteiger partial charge on any atom is -0.468 e. The van der Waals surface area contributed by atoms with Crippen molar-refractivity contribution in [1.82, 2.24) is 9.59 Å². The Hall–Kier alpha value is -0.820. The summed E-state index contributed by atoms with van der Waals surface area (Å²) in [6, 6.07) is 0. The molecule has 0 fully saturated rings. The summed E-state index contributed by atoms with van der Waals surface area (Å²) in [5, 5.41) is 7.88. The van der Waals surface area contributed by atoms with Gasteiger partial charge in [-0.3, -0.25) is 4.79 Å². The van der Waals surface area contributed by atoms with Crippen LogP contribution in [0.15, 0.2) is 0 Å². The second-order valence-corrected chi connectivity index (χ2v) is 4.11. The topological polar surface area (TPSA) is 64.1 Å². The molecule has 0 amide bonds. The van der Waals surface area contributed by atoms with E-state index in [2.05, 4.69) is 19.6 Å². The van der Waals surface area contributed by atoms with Gasteiger partial charge in [0, 0.05) is 24.3 Å². The number of ether oxygens (including phenoxy) is 1. The van der Waals surface area contributed by atoms with Crippen molar-refractivity contribution >= 4 is 34.3 Å². The summed E-state index contributed by atoms with van der Waals surface area (Å²) in [6.07, 6.45) is 0. The van der Waals surface area contributed by atoms with Gasteiger partial charge in [0.1, 0.15) is 10.7 Å². The highest BCUT2D eigenvalue weighted by Gasteiger charge is 2.07. The zero-order valence-electron chi connectivity index (χ0n) is 7.94. The van der Waals surface area contributed by atoms with Crippen molar-refractivity contribution in [3.63, 3.8) is 0 Å². The largest absolute Gasteiger partial charge is 0.468 e. The van der Waals surface area contributed by atoms with Crippen LogP contribution in [0.25, 0.3) is 0 Å². The summed E-state index contributed by atoms with van der Waals surface area (Å²) in [5.74, 6) is 0.795. The lowest BCUT2D eigenvalue weighted by Crippen LogP contribution is -2.03. The molecule has 0 unspecified atom stereocenters. The van der Waals surface area contributed by atoms with Crippen LogP contribution in [0.5, 0.6) is 0 Å². The second kappa shape index (κ2) is 5.82.